The molecule has 6 nitrogen and oxygen atoms in total. The maximum Gasteiger partial charge on any atom is 0.191 e. The number of pyridine rings is 1. The fourth-order valence-electron chi connectivity index (χ4n) is 3.57. The van der Waals surface area contributed by atoms with Gasteiger partial charge in [0.1, 0.15) is 11.6 Å². The lowest BCUT2D eigenvalue weighted by Gasteiger charge is -2.22. The number of anilines is 1. The third-order valence-electron chi connectivity index (χ3n) is 5.14. The van der Waals surface area contributed by atoms with Gasteiger partial charge >= 0.3 is 0 Å². The van der Waals surface area contributed by atoms with E-state index < -0.39 is 0 Å². The first kappa shape index (κ1) is 21.0. The van der Waals surface area contributed by atoms with E-state index in [1.54, 1.807) is 7.05 Å². The second-order valence-electron chi connectivity index (χ2n) is 7.24. The van der Waals surface area contributed by atoms with E-state index >= 15 is 0 Å². The summed E-state index contributed by atoms with van der Waals surface area (Å²) in [6.07, 6.45) is 7.07. The molecule has 2 N–H and O–H groups in total. The molecule has 1 aromatic heterocycles. The fourth-order valence-corrected chi connectivity index (χ4v) is 3.57. The van der Waals surface area contributed by atoms with Crippen LogP contribution >= 0.6 is 0 Å². The minimum absolute atomic E-state index is 0.658. The van der Waals surface area contributed by atoms with Crippen LogP contribution in [0.4, 0.5) is 5.82 Å². The van der Waals surface area contributed by atoms with Gasteiger partial charge in [0, 0.05) is 45.0 Å². The van der Waals surface area contributed by atoms with E-state index in [4.69, 9.17) is 4.74 Å². The monoisotopic (exact) mass is 395 g/mol. The number of aliphatic imine (C=N–C) groups is 1. The molecule has 1 saturated heterocycles. The van der Waals surface area contributed by atoms with Gasteiger partial charge in [-0.2, -0.15) is 0 Å². The summed E-state index contributed by atoms with van der Waals surface area (Å²) in [5.74, 6) is 2.76. The van der Waals surface area contributed by atoms with Gasteiger partial charge in [0.25, 0.3) is 0 Å². The highest BCUT2D eigenvalue weighted by Crippen LogP contribution is 2.19. The standard InChI is InChI=1S/C23H33N5O/c1-3-29-21-11-7-6-10-20(21)18-27-23(24-2)26-17-19-12-13-25-22(16-19)28-14-8-4-5-9-15-28/h6-7,10-13,16H,3-5,8-9,14-15,17-18H2,1-2H3,(H2,24,26,27). The van der Waals surface area contributed by atoms with Crippen LogP contribution in [0.5, 0.6) is 5.75 Å². The number of aromatic nitrogens is 1. The van der Waals surface area contributed by atoms with Crippen LogP contribution in [0.25, 0.3) is 0 Å². The van der Waals surface area contributed by atoms with E-state index in [0.29, 0.717) is 19.7 Å². The quantitative estimate of drug-likeness (QED) is 0.553. The van der Waals surface area contributed by atoms with E-state index in [0.717, 1.165) is 36.2 Å². The Morgan fingerprint density at radius 3 is 2.59 bits per heavy atom. The van der Waals surface area contributed by atoms with Gasteiger partial charge in [0.2, 0.25) is 0 Å². The summed E-state index contributed by atoms with van der Waals surface area (Å²) in [4.78, 5) is 11.4. The summed E-state index contributed by atoms with van der Waals surface area (Å²) >= 11 is 0. The van der Waals surface area contributed by atoms with Gasteiger partial charge in [0.05, 0.1) is 6.61 Å². The summed E-state index contributed by atoms with van der Waals surface area (Å²) in [7, 11) is 1.79. The van der Waals surface area contributed by atoms with Crippen LogP contribution in [0.2, 0.25) is 0 Å². The number of nitrogens with one attached hydrogen (secondary N) is 2. The van der Waals surface area contributed by atoms with Gasteiger partial charge in [0.15, 0.2) is 5.96 Å². The van der Waals surface area contributed by atoms with Crippen molar-refractivity contribution in [3.8, 4) is 5.75 Å². The number of para-hydroxylation sites is 1. The average molecular weight is 396 g/mol. The Balaban J connectivity index is 1.55. The fraction of sp³-hybridized carbons (Fsp3) is 0.478. The molecule has 2 heterocycles. The Labute approximate surface area is 174 Å². The molecule has 0 unspecified atom stereocenters. The van der Waals surface area contributed by atoms with Gasteiger partial charge in [-0.05, 0) is 43.5 Å². The molecule has 0 radical (unpaired) electrons. The highest BCUT2D eigenvalue weighted by Gasteiger charge is 2.11. The van der Waals surface area contributed by atoms with E-state index in [1.165, 1.54) is 31.2 Å². The van der Waals surface area contributed by atoms with Crippen LogP contribution in [0, 0.1) is 0 Å². The lowest BCUT2D eigenvalue weighted by molar-refractivity contribution is 0.336. The van der Waals surface area contributed by atoms with E-state index in [2.05, 4.69) is 43.7 Å². The number of ether oxygens (including phenoxy) is 1. The van der Waals surface area contributed by atoms with Crippen molar-refractivity contribution in [2.45, 2.75) is 45.7 Å². The Kier molecular flexibility index (Phi) is 8.16. The predicted octanol–water partition coefficient (Wildman–Crippen LogP) is 3.73. The van der Waals surface area contributed by atoms with Gasteiger partial charge in [-0.25, -0.2) is 4.98 Å². The molecule has 1 fully saturated rings. The number of guanidine groups is 1. The summed E-state index contributed by atoms with van der Waals surface area (Å²) in [6.45, 7) is 6.23. The molecule has 0 aliphatic carbocycles. The molecule has 156 valence electrons. The second kappa shape index (κ2) is 11.3. The van der Waals surface area contributed by atoms with Crippen molar-refractivity contribution < 1.29 is 4.74 Å². The Hall–Kier alpha value is -2.76. The topological polar surface area (TPSA) is 61.8 Å². The average Bonchev–Trinajstić information content (AvgIpc) is 3.05. The molecule has 3 rings (SSSR count). The van der Waals surface area contributed by atoms with Crippen molar-refractivity contribution >= 4 is 11.8 Å². The van der Waals surface area contributed by atoms with Gasteiger partial charge in [-0.15, -0.1) is 0 Å². The SMILES string of the molecule is CCOc1ccccc1CNC(=NC)NCc1ccnc(N2CCCCCC2)c1. The van der Waals surface area contributed by atoms with Crippen molar-refractivity contribution in [2.75, 3.05) is 31.6 Å². The number of hydrogen-bond donors (Lipinski definition) is 2. The third kappa shape index (κ3) is 6.38. The van der Waals surface area contributed by atoms with Crippen molar-refractivity contribution in [1.29, 1.82) is 0 Å². The Morgan fingerprint density at radius 1 is 1.07 bits per heavy atom. The zero-order valence-electron chi connectivity index (χ0n) is 17.7. The number of rotatable bonds is 7. The normalized spacial score (nSPS) is 15.0. The smallest absolute Gasteiger partial charge is 0.191 e. The zero-order valence-corrected chi connectivity index (χ0v) is 17.7. The van der Waals surface area contributed by atoms with Crippen LogP contribution in [-0.4, -0.2) is 37.7 Å². The number of nitrogens with zero attached hydrogens (tertiary/aromatic N) is 3. The van der Waals surface area contributed by atoms with E-state index in [1.807, 2.05) is 31.3 Å². The highest BCUT2D eigenvalue weighted by atomic mass is 16.5. The molecule has 6 heteroatoms. The number of hydrogen-bond acceptors (Lipinski definition) is 4. The zero-order chi connectivity index (χ0) is 20.3. The summed E-state index contributed by atoms with van der Waals surface area (Å²) < 4.78 is 5.70. The first-order valence-electron chi connectivity index (χ1n) is 10.6. The van der Waals surface area contributed by atoms with Crippen LogP contribution < -0.4 is 20.3 Å². The Bertz CT molecular complexity index is 784. The highest BCUT2D eigenvalue weighted by molar-refractivity contribution is 5.79. The van der Waals surface area contributed by atoms with Crippen LogP contribution in [0.15, 0.2) is 47.6 Å². The lowest BCUT2D eigenvalue weighted by Crippen LogP contribution is -2.36. The second-order valence-corrected chi connectivity index (χ2v) is 7.24. The summed E-state index contributed by atoms with van der Waals surface area (Å²) in [6, 6.07) is 12.3. The van der Waals surface area contributed by atoms with Crippen LogP contribution in [0.3, 0.4) is 0 Å². The number of benzene rings is 1. The minimum atomic E-state index is 0.658. The molecule has 1 aliphatic heterocycles. The van der Waals surface area contributed by atoms with Gasteiger partial charge in [-0.1, -0.05) is 31.0 Å². The minimum Gasteiger partial charge on any atom is -0.494 e. The van der Waals surface area contributed by atoms with Gasteiger partial charge in [-0.3, -0.25) is 4.99 Å². The first-order valence-corrected chi connectivity index (χ1v) is 10.6. The van der Waals surface area contributed by atoms with Crippen molar-refractivity contribution in [2.24, 2.45) is 4.99 Å². The molecule has 0 bridgehead atoms. The largest absolute Gasteiger partial charge is 0.494 e. The molecule has 29 heavy (non-hydrogen) atoms. The van der Waals surface area contributed by atoms with E-state index in [-0.39, 0.29) is 0 Å². The predicted molar refractivity (Wildman–Crippen MR) is 120 cm³/mol. The molecular weight excluding hydrogens is 362 g/mol. The lowest BCUT2D eigenvalue weighted by atomic mass is 10.2. The molecule has 1 aliphatic rings. The molecule has 0 saturated carbocycles. The molecule has 0 amide bonds. The van der Waals surface area contributed by atoms with Crippen molar-refractivity contribution in [3.05, 3.63) is 53.7 Å². The Morgan fingerprint density at radius 2 is 1.83 bits per heavy atom. The van der Waals surface area contributed by atoms with Crippen molar-refractivity contribution in [1.82, 2.24) is 15.6 Å². The van der Waals surface area contributed by atoms with Crippen molar-refractivity contribution in [3.63, 3.8) is 0 Å². The van der Waals surface area contributed by atoms with Crippen LogP contribution in [-0.2, 0) is 13.1 Å². The van der Waals surface area contributed by atoms with Crippen LogP contribution in [0.1, 0.15) is 43.7 Å². The summed E-state index contributed by atoms with van der Waals surface area (Å²) in [5, 5.41) is 6.78. The van der Waals surface area contributed by atoms with Gasteiger partial charge < -0.3 is 20.3 Å². The van der Waals surface area contributed by atoms with E-state index in [9.17, 15) is 0 Å². The molecule has 2 aromatic rings. The summed E-state index contributed by atoms with van der Waals surface area (Å²) in [5.41, 5.74) is 2.32. The maximum atomic E-state index is 5.70. The molecule has 1 aromatic carbocycles. The molecule has 0 spiro atoms. The maximum absolute atomic E-state index is 5.70. The first-order chi connectivity index (χ1) is 14.3. The molecule has 0 atom stereocenters. The third-order valence-corrected chi connectivity index (χ3v) is 5.14. The molecular formula is C23H33N5O.